The molecule has 3 rings (SSSR count). The van der Waals surface area contributed by atoms with Crippen molar-refractivity contribution < 1.29 is 23.8 Å². The Hall–Kier alpha value is -2.33. The van der Waals surface area contributed by atoms with Crippen LogP contribution >= 0.6 is 11.3 Å². The average Bonchev–Trinajstić information content (AvgIpc) is 3.11. The van der Waals surface area contributed by atoms with Gasteiger partial charge in [0.1, 0.15) is 24.1 Å². The predicted molar refractivity (Wildman–Crippen MR) is 96.3 cm³/mol. The van der Waals surface area contributed by atoms with E-state index in [-0.39, 0.29) is 4.87 Å². The molecule has 0 saturated carbocycles. The van der Waals surface area contributed by atoms with Crippen molar-refractivity contribution in [1.29, 1.82) is 0 Å². The molecule has 0 unspecified atom stereocenters. The van der Waals surface area contributed by atoms with Gasteiger partial charge in [-0.1, -0.05) is 18.3 Å². The molecular formula is C17H21N3O6S. The second-order valence-electron chi connectivity index (χ2n) is 6.35. The summed E-state index contributed by atoms with van der Waals surface area (Å²) in [6.07, 6.45) is -0.113. The van der Waals surface area contributed by atoms with Gasteiger partial charge < -0.3 is 14.2 Å². The molecule has 0 spiro atoms. The highest BCUT2D eigenvalue weighted by molar-refractivity contribution is 7.16. The monoisotopic (exact) mass is 395 g/mol. The minimum absolute atomic E-state index is 0.284. The number of carbonyl (C=O) groups excluding carboxylic acids is 2. The van der Waals surface area contributed by atoms with E-state index in [9.17, 15) is 14.4 Å². The number of thiazole rings is 1. The Labute approximate surface area is 159 Å². The number of nitrogens with zero attached hydrogens (tertiary/aromatic N) is 3. The molecule has 0 radical (unpaired) electrons. The maximum atomic E-state index is 12.6. The fourth-order valence-corrected chi connectivity index (χ4v) is 4.05. The highest BCUT2D eigenvalue weighted by Gasteiger charge is 2.44. The smallest absolute Gasteiger partial charge is 0.311 e. The van der Waals surface area contributed by atoms with E-state index in [0.29, 0.717) is 29.0 Å². The molecule has 27 heavy (non-hydrogen) atoms. The second kappa shape index (κ2) is 7.73. The van der Waals surface area contributed by atoms with Crippen LogP contribution in [0, 0.1) is 6.92 Å². The van der Waals surface area contributed by atoms with Gasteiger partial charge in [0.25, 0.3) is 0 Å². The molecular weight excluding hydrogens is 374 g/mol. The Morgan fingerprint density at radius 3 is 2.78 bits per heavy atom. The molecule has 3 heterocycles. The zero-order valence-corrected chi connectivity index (χ0v) is 16.3. The van der Waals surface area contributed by atoms with Gasteiger partial charge in [-0.05, 0) is 13.3 Å². The molecule has 2 aromatic rings. The van der Waals surface area contributed by atoms with Crippen LogP contribution in [0.25, 0.3) is 10.3 Å². The average molecular weight is 395 g/mol. The van der Waals surface area contributed by atoms with Gasteiger partial charge in [-0.25, -0.2) is 9.97 Å². The summed E-state index contributed by atoms with van der Waals surface area (Å²) in [5.41, 5.74) is 0.431. The van der Waals surface area contributed by atoms with Crippen LogP contribution in [0.15, 0.2) is 11.0 Å². The van der Waals surface area contributed by atoms with Crippen molar-refractivity contribution >= 4 is 33.6 Å². The number of ether oxygens (including phenoxy) is 3. The molecule has 0 amide bonds. The first-order valence-corrected chi connectivity index (χ1v) is 9.46. The lowest BCUT2D eigenvalue weighted by Gasteiger charge is -2.22. The fourth-order valence-electron chi connectivity index (χ4n) is 3.23. The first-order valence-electron chi connectivity index (χ1n) is 8.64. The molecule has 1 aliphatic rings. The van der Waals surface area contributed by atoms with Crippen LogP contribution < -0.4 is 4.87 Å². The highest BCUT2D eigenvalue weighted by atomic mass is 32.1. The Morgan fingerprint density at radius 2 is 2.15 bits per heavy atom. The molecule has 10 heteroatoms. The summed E-state index contributed by atoms with van der Waals surface area (Å²) in [6.45, 7) is 6.22. The number of fused-ring (bicyclic) bond motifs is 1. The SMILES string of the molecule is CC[C@H](OC(C)=O)[C@@H]1C[C@@H](OC(C)=O)[C@H](n2c(=O)sc3cnc(C)nc32)O1. The van der Waals surface area contributed by atoms with Gasteiger partial charge in [-0.15, -0.1) is 0 Å². The Morgan fingerprint density at radius 1 is 1.41 bits per heavy atom. The third-order valence-electron chi connectivity index (χ3n) is 4.28. The van der Waals surface area contributed by atoms with Gasteiger partial charge in [0.2, 0.25) is 0 Å². The van der Waals surface area contributed by atoms with Gasteiger partial charge in [-0.2, -0.15) is 0 Å². The molecule has 2 aromatic heterocycles. The van der Waals surface area contributed by atoms with Crippen molar-refractivity contribution in [3.63, 3.8) is 0 Å². The lowest BCUT2D eigenvalue weighted by atomic mass is 10.1. The maximum absolute atomic E-state index is 12.6. The van der Waals surface area contributed by atoms with Crippen molar-refractivity contribution in [2.75, 3.05) is 0 Å². The zero-order chi connectivity index (χ0) is 19.7. The first kappa shape index (κ1) is 19.4. The zero-order valence-electron chi connectivity index (χ0n) is 15.5. The summed E-state index contributed by atoms with van der Waals surface area (Å²) in [4.78, 5) is 43.7. The van der Waals surface area contributed by atoms with Crippen molar-refractivity contribution in [2.45, 2.75) is 65.1 Å². The summed E-state index contributed by atoms with van der Waals surface area (Å²) >= 11 is 0.998. The molecule has 0 aliphatic carbocycles. The first-order chi connectivity index (χ1) is 12.8. The molecule has 1 saturated heterocycles. The largest absolute Gasteiger partial charge is 0.460 e. The van der Waals surface area contributed by atoms with Crippen molar-refractivity contribution in [3.05, 3.63) is 21.7 Å². The number of esters is 2. The third-order valence-corrected chi connectivity index (χ3v) is 5.16. The second-order valence-corrected chi connectivity index (χ2v) is 7.34. The quantitative estimate of drug-likeness (QED) is 0.704. The molecule has 1 aliphatic heterocycles. The molecule has 146 valence electrons. The molecule has 0 aromatic carbocycles. The summed E-state index contributed by atoms with van der Waals surface area (Å²) in [5, 5.41) is 0. The van der Waals surface area contributed by atoms with E-state index in [4.69, 9.17) is 14.2 Å². The molecule has 1 fully saturated rings. The molecule has 4 atom stereocenters. The van der Waals surface area contributed by atoms with Crippen LogP contribution in [-0.4, -0.2) is 44.8 Å². The van der Waals surface area contributed by atoms with E-state index in [1.807, 2.05) is 6.92 Å². The van der Waals surface area contributed by atoms with E-state index in [1.165, 1.54) is 18.4 Å². The van der Waals surface area contributed by atoms with Crippen LogP contribution in [0.3, 0.4) is 0 Å². The van der Waals surface area contributed by atoms with Gasteiger partial charge in [0, 0.05) is 20.3 Å². The summed E-state index contributed by atoms with van der Waals surface area (Å²) in [5.74, 6) is -0.383. The number of carbonyl (C=O) groups is 2. The lowest BCUT2D eigenvalue weighted by molar-refractivity contribution is -0.158. The van der Waals surface area contributed by atoms with E-state index in [2.05, 4.69) is 9.97 Å². The Balaban J connectivity index is 2.00. The van der Waals surface area contributed by atoms with E-state index < -0.39 is 36.5 Å². The van der Waals surface area contributed by atoms with Crippen LogP contribution in [0.4, 0.5) is 0 Å². The van der Waals surface area contributed by atoms with Gasteiger partial charge in [0.15, 0.2) is 11.9 Å². The van der Waals surface area contributed by atoms with Crippen molar-refractivity contribution in [2.24, 2.45) is 0 Å². The van der Waals surface area contributed by atoms with Gasteiger partial charge in [-0.3, -0.25) is 19.0 Å². The Bertz CT molecular complexity index is 923. The van der Waals surface area contributed by atoms with Crippen molar-refractivity contribution in [1.82, 2.24) is 14.5 Å². The molecule has 0 bridgehead atoms. The van der Waals surface area contributed by atoms with Crippen LogP contribution in [0.1, 0.15) is 45.7 Å². The lowest BCUT2D eigenvalue weighted by Crippen LogP contribution is -2.31. The summed E-state index contributed by atoms with van der Waals surface area (Å²) in [6, 6.07) is 0. The third kappa shape index (κ3) is 4.01. The van der Waals surface area contributed by atoms with E-state index in [0.717, 1.165) is 11.3 Å². The summed E-state index contributed by atoms with van der Waals surface area (Å²) in [7, 11) is 0. The summed E-state index contributed by atoms with van der Waals surface area (Å²) < 4.78 is 18.8. The fraction of sp³-hybridized carbons (Fsp3) is 0.588. The maximum Gasteiger partial charge on any atom is 0.311 e. The number of rotatable bonds is 5. The van der Waals surface area contributed by atoms with E-state index in [1.54, 1.807) is 13.1 Å². The topological polar surface area (TPSA) is 110 Å². The Kier molecular flexibility index (Phi) is 5.56. The van der Waals surface area contributed by atoms with Gasteiger partial charge >= 0.3 is 16.8 Å². The number of hydrogen-bond donors (Lipinski definition) is 0. The molecule has 9 nitrogen and oxygen atoms in total. The van der Waals surface area contributed by atoms with Crippen LogP contribution in [-0.2, 0) is 23.8 Å². The van der Waals surface area contributed by atoms with Crippen LogP contribution in [0.2, 0.25) is 0 Å². The predicted octanol–water partition coefficient (Wildman–Crippen LogP) is 1.72. The normalized spacial score (nSPS) is 23.3. The number of hydrogen-bond acceptors (Lipinski definition) is 9. The highest BCUT2D eigenvalue weighted by Crippen LogP contribution is 2.35. The minimum atomic E-state index is -0.848. The van der Waals surface area contributed by atoms with Crippen molar-refractivity contribution in [3.8, 4) is 0 Å². The molecule has 0 N–H and O–H groups in total. The minimum Gasteiger partial charge on any atom is -0.460 e. The van der Waals surface area contributed by atoms with E-state index >= 15 is 0 Å². The number of aryl methyl sites for hydroxylation is 1. The van der Waals surface area contributed by atoms with Crippen LogP contribution in [0.5, 0.6) is 0 Å². The van der Waals surface area contributed by atoms with Gasteiger partial charge in [0.05, 0.1) is 10.9 Å². The standard InChI is InChI=1S/C17H21N3O6S/c1-5-11(24-9(3)21)12-6-13(25-10(4)22)16(26-12)20-15-14(27-17(20)23)7-18-8(2)19-15/h7,11-13,16H,5-6H2,1-4H3/t11-,12-,13+,16+/m0/s1. The number of aromatic nitrogens is 3.